The van der Waals surface area contributed by atoms with Gasteiger partial charge in [0.1, 0.15) is 5.75 Å². The second-order valence-corrected chi connectivity index (χ2v) is 7.80. The van der Waals surface area contributed by atoms with E-state index in [-0.39, 0.29) is 11.9 Å². The van der Waals surface area contributed by atoms with Crippen LogP contribution in [0, 0.1) is 0 Å². The van der Waals surface area contributed by atoms with Crippen LogP contribution < -0.4 is 18.9 Å². The zero-order chi connectivity index (χ0) is 24.2. The van der Waals surface area contributed by atoms with Crippen LogP contribution in [0.5, 0.6) is 23.0 Å². The van der Waals surface area contributed by atoms with Crippen molar-refractivity contribution in [2.45, 2.75) is 6.04 Å². The molecule has 0 aliphatic carbocycles. The van der Waals surface area contributed by atoms with Gasteiger partial charge >= 0.3 is 0 Å². The number of rotatable bonds is 8. The third-order valence-corrected chi connectivity index (χ3v) is 5.97. The number of fused-ring (bicyclic) bond motifs is 1. The van der Waals surface area contributed by atoms with E-state index in [1.807, 2.05) is 48.7 Å². The molecule has 3 aromatic carbocycles. The molecule has 0 fully saturated rings. The van der Waals surface area contributed by atoms with Gasteiger partial charge in [-0.1, -0.05) is 30.3 Å². The molecule has 7 nitrogen and oxygen atoms in total. The summed E-state index contributed by atoms with van der Waals surface area (Å²) in [5.74, 6) is 1.84. The number of ether oxygens (including phenoxy) is 4. The number of hydrogen-bond acceptors (Lipinski definition) is 5. The number of H-pyrrole nitrogens is 1. The zero-order valence-corrected chi connectivity index (χ0v) is 19.9. The second-order valence-electron chi connectivity index (χ2n) is 7.80. The summed E-state index contributed by atoms with van der Waals surface area (Å²) in [5, 5.41) is 1.05. The molecule has 0 spiro atoms. The number of carbonyl (C=O) groups is 1. The highest BCUT2D eigenvalue weighted by Crippen LogP contribution is 2.40. The number of para-hydroxylation sites is 1. The molecule has 1 heterocycles. The quantitative estimate of drug-likeness (QED) is 0.398. The Bertz CT molecular complexity index is 1270. The minimum absolute atomic E-state index is 0.189. The van der Waals surface area contributed by atoms with Gasteiger partial charge < -0.3 is 28.8 Å². The number of aromatic nitrogens is 1. The maximum absolute atomic E-state index is 13.8. The second kappa shape index (κ2) is 9.79. The minimum Gasteiger partial charge on any atom is -0.497 e. The third-order valence-electron chi connectivity index (χ3n) is 5.97. The predicted octanol–water partition coefficient (Wildman–Crippen LogP) is 5.06. The summed E-state index contributed by atoms with van der Waals surface area (Å²) in [5.41, 5.74) is 3.37. The highest BCUT2D eigenvalue weighted by molar-refractivity contribution is 5.96. The molecular weight excluding hydrogens is 432 g/mol. The van der Waals surface area contributed by atoms with Gasteiger partial charge in [0.15, 0.2) is 11.5 Å². The predicted molar refractivity (Wildman–Crippen MR) is 131 cm³/mol. The fourth-order valence-electron chi connectivity index (χ4n) is 4.24. The minimum atomic E-state index is -0.353. The van der Waals surface area contributed by atoms with Gasteiger partial charge in [0.25, 0.3) is 5.91 Å². The SMILES string of the molecule is COc1ccc([C@@H](c2c[nH]c3ccccc23)N(C)C(=O)c2cc(OC)c(OC)c(OC)c2)cc1. The topological polar surface area (TPSA) is 73.0 Å². The number of hydrogen-bond donors (Lipinski definition) is 1. The Morgan fingerprint density at radius 1 is 0.853 bits per heavy atom. The van der Waals surface area contributed by atoms with Crippen molar-refractivity contribution in [2.24, 2.45) is 0 Å². The van der Waals surface area contributed by atoms with E-state index in [0.29, 0.717) is 22.8 Å². The Morgan fingerprint density at radius 2 is 1.50 bits per heavy atom. The van der Waals surface area contributed by atoms with Crippen LogP contribution in [-0.4, -0.2) is 51.3 Å². The van der Waals surface area contributed by atoms with E-state index in [1.165, 1.54) is 21.3 Å². The summed E-state index contributed by atoms with van der Waals surface area (Å²) >= 11 is 0. The molecule has 0 saturated carbocycles. The molecule has 1 N–H and O–H groups in total. The molecule has 0 aliphatic heterocycles. The van der Waals surface area contributed by atoms with Gasteiger partial charge in [-0.2, -0.15) is 0 Å². The molecule has 34 heavy (non-hydrogen) atoms. The van der Waals surface area contributed by atoms with Crippen LogP contribution in [0.1, 0.15) is 27.5 Å². The number of nitrogens with one attached hydrogen (secondary N) is 1. The van der Waals surface area contributed by atoms with Crippen molar-refractivity contribution in [3.8, 4) is 23.0 Å². The fourth-order valence-corrected chi connectivity index (χ4v) is 4.24. The van der Waals surface area contributed by atoms with E-state index in [0.717, 1.165) is 27.8 Å². The number of aromatic amines is 1. The van der Waals surface area contributed by atoms with E-state index >= 15 is 0 Å². The monoisotopic (exact) mass is 460 g/mol. The Morgan fingerprint density at radius 3 is 2.09 bits per heavy atom. The molecule has 1 atom stereocenters. The van der Waals surface area contributed by atoms with Crippen LogP contribution >= 0.6 is 0 Å². The maximum Gasteiger partial charge on any atom is 0.254 e. The zero-order valence-electron chi connectivity index (χ0n) is 19.9. The van der Waals surface area contributed by atoms with Gasteiger partial charge in [-0.25, -0.2) is 0 Å². The average molecular weight is 461 g/mol. The van der Waals surface area contributed by atoms with Crippen LogP contribution in [0.3, 0.4) is 0 Å². The lowest BCUT2D eigenvalue weighted by molar-refractivity contribution is 0.0755. The van der Waals surface area contributed by atoms with Gasteiger partial charge in [-0.15, -0.1) is 0 Å². The van der Waals surface area contributed by atoms with Crippen LogP contribution in [0.25, 0.3) is 10.9 Å². The molecule has 176 valence electrons. The van der Waals surface area contributed by atoms with Crippen molar-refractivity contribution in [1.82, 2.24) is 9.88 Å². The molecule has 0 radical (unpaired) electrons. The highest BCUT2D eigenvalue weighted by Gasteiger charge is 2.28. The third kappa shape index (κ3) is 4.12. The summed E-state index contributed by atoms with van der Waals surface area (Å²) in [7, 11) is 8.02. The smallest absolute Gasteiger partial charge is 0.254 e. The first-order valence-electron chi connectivity index (χ1n) is 10.8. The Kier molecular flexibility index (Phi) is 6.63. The number of carbonyl (C=O) groups excluding carboxylic acids is 1. The molecule has 0 saturated heterocycles. The number of amides is 1. The summed E-state index contributed by atoms with van der Waals surface area (Å²) in [6.07, 6.45) is 1.96. The summed E-state index contributed by atoms with van der Waals surface area (Å²) in [4.78, 5) is 18.8. The lowest BCUT2D eigenvalue weighted by Gasteiger charge is -2.29. The van der Waals surface area contributed by atoms with Gasteiger partial charge in [-0.05, 0) is 35.9 Å². The number of methoxy groups -OCH3 is 4. The fraction of sp³-hybridized carbons (Fsp3) is 0.222. The highest BCUT2D eigenvalue weighted by atomic mass is 16.5. The normalized spacial score (nSPS) is 11.7. The Hall–Kier alpha value is -4.13. The molecular formula is C27H28N2O5. The summed E-state index contributed by atoms with van der Waals surface area (Å²) in [6, 6.07) is 18.8. The first-order valence-corrected chi connectivity index (χ1v) is 10.8. The van der Waals surface area contributed by atoms with E-state index in [1.54, 1.807) is 31.2 Å². The summed E-state index contributed by atoms with van der Waals surface area (Å²) in [6.45, 7) is 0. The maximum atomic E-state index is 13.8. The number of benzene rings is 3. The van der Waals surface area contributed by atoms with Crippen LogP contribution in [0.2, 0.25) is 0 Å². The van der Waals surface area contributed by atoms with Crippen LogP contribution in [0.15, 0.2) is 66.9 Å². The van der Waals surface area contributed by atoms with Crippen molar-refractivity contribution < 1.29 is 23.7 Å². The average Bonchev–Trinajstić information content (AvgIpc) is 3.31. The van der Waals surface area contributed by atoms with Crippen molar-refractivity contribution in [2.75, 3.05) is 35.5 Å². The Labute approximate surface area is 198 Å². The van der Waals surface area contributed by atoms with Crippen molar-refractivity contribution in [3.05, 3.63) is 83.6 Å². The van der Waals surface area contributed by atoms with Gasteiger partial charge in [0, 0.05) is 35.3 Å². The van der Waals surface area contributed by atoms with Crippen molar-refractivity contribution in [3.63, 3.8) is 0 Å². The molecule has 0 bridgehead atoms. The summed E-state index contributed by atoms with van der Waals surface area (Å²) < 4.78 is 21.7. The largest absolute Gasteiger partial charge is 0.497 e. The number of nitrogens with zero attached hydrogens (tertiary/aromatic N) is 1. The standard InChI is InChI=1S/C27H28N2O5/c1-29(27(30)18-14-23(32-3)26(34-5)24(15-18)33-4)25(17-10-12-19(31-2)13-11-17)21-16-28-22-9-7-6-8-20(21)22/h6-16,25,28H,1-5H3/t25-/m0/s1. The lowest BCUT2D eigenvalue weighted by atomic mass is 9.96. The van der Waals surface area contributed by atoms with E-state index < -0.39 is 0 Å². The molecule has 4 aromatic rings. The first-order chi connectivity index (χ1) is 16.5. The van der Waals surface area contributed by atoms with Crippen molar-refractivity contribution >= 4 is 16.8 Å². The van der Waals surface area contributed by atoms with Gasteiger partial charge in [-0.3, -0.25) is 4.79 Å². The molecule has 1 amide bonds. The molecule has 1 aromatic heterocycles. The molecule has 0 unspecified atom stereocenters. The van der Waals surface area contributed by atoms with Crippen LogP contribution in [-0.2, 0) is 0 Å². The molecule has 0 aliphatic rings. The van der Waals surface area contributed by atoms with E-state index in [2.05, 4.69) is 11.1 Å². The molecule has 4 rings (SSSR count). The molecule has 7 heteroatoms. The van der Waals surface area contributed by atoms with Crippen LogP contribution in [0.4, 0.5) is 0 Å². The van der Waals surface area contributed by atoms with Gasteiger partial charge in [0.05, 0.1) is 34.5 Å². The van der Waals surface area contributed by atoms with Crippen molar-refractivity contribution in [1.29, 1.82) is 0 Å². The first kappa shape index (κ1) is 23.0. The lowest BCUT2D eigenvalue weighted by Crippen LogP contribution is -2.32. The van der Waals surface area contributed by atoms with E-state index in [9.17, 15) is 4.79 Å². The van der Waals surface area contributed by atoms with E-state index in [4.69, 9.17) is 18.9 Å². The Balaban J connectivity index is 1.82. The van der Waals surface area contributed by atoms with Gasteiger partial charge in [0.2, 0.25) is 5.75 Å².